The zero-order valence-electron chi connectivity index (χ0n) is 8.88. The van der Waals surface area contributed by atoms with Gasteiger partial charge in [-0.3, -0.25) is 0 Å². The minimum Gasteiger partial charge on any atom is -0.393 e. The molecule has 0 radical (unpaired) electrons. The highest BCUT2D eigenvalue weighted by Gasteiger charge is 2.17. The van der Waals surface area contributed by atoms with Crippen LogP contribution in [0.15, 0.2) is 10.5 Å². The van der Waals surface area contributed by atoms with Crippen molar-refractivity contribution in [2.75, 3.05) is 13.2 Å². The van der Waals surface area contributed by atoms with Crippen molar-refractivity contribution in [3.63, 3.8) is 0 Å². The van der Waals surface area contributed by atoms with Crippen molar-refractivity contribution in [2.24, 2.45) is 0 Å². The summed E-state index contributed by atoms with van der Waals surface area (Å²) in [6, 6.07) is 2.07. The van der Waals surface area contributed by atoms with Gasteiger partial charge in [-0.1, -0.05) is 0 Å². The third-order valence-electron chi connectivity index (χ3n) is 2.05. The van der Waals surface area contributed by atoms with E-state index in [-0.39, 0.29) is 6.61 Å². The lowest BCUT2D eigenvalue weighted by Crippen LogP contribution is -2.40. The maximum Gasteiger partial charge on any atom is 0.0972 e. The summed E-state index contributed by atoms with van der Waals surface area (Å²) in [5, 5.41) is 21.5. The average Bonchev–Trinajstić information content (AvgIpc) is 2.46. The minimum atomic E-state index is -1.04. The van der Waals surface area contributed by atoms with Gasteiger partial charge in [0.05, 0.1) is 12.2 Å². The van der Waals surface area contributed by atoms with Gasteiger partial charge in [0.15, 0.2) is 0 Å². The second-order valence-electron chi connectivity index (χ2n) is 3.88. The van der Waals surface area contributed by atoms with E-state index in [1.807, 2.05) is 0 Å². The fourth-order valence-electron chi connectivity index (χ4n) is 1.12. The van der Waals surface area contributed by atoms with Crippen LogP contribution in [0, 0.1) is 6.92 Å². The lowest BCUT2D eigenvalue weighted by atomic mass is 10.1. The average molecular weight is 294 g/mol. The molecule has 15 heavy (non-hydrogen) atoms. The zero-order valence-corrected chi connectivity index (χ0v) is 11.3. The highest BCUT2D eigenvalue weighted by Crippen LogP contribution is 2.26. The molecule has 86 valence electrons. The summed E-state index contributed by atoms with van der Waals surface area (Å²) >= 11 is 5.17. The van der Waals surface area contributed by atoms with Crippen molar-refractivity contribution in [2.45, 2.75) is 26.0 Å². The van der Waals surface area contributed by atoms with Gasteiger partial charge in [-0.2, -0.15) is 0 Å². The highest BCUT2D eigenvalue weighted by molar-refractivity contribution is 9.10. The van der Waals surface area contributed by atoms with E-state index in [4.69, 9.17) is 5.11 Å². The van der Waals surface area contributed by atoms with Gasteiger partial charge in [-0.05, 0) is 35.8 Å². The quantitative estimate of drug-likeness (QED) is 0.774. The fourth-order valence-corrected chi connectivity index (χ4v) is 2.69. The molecule has 3 N–H and O–H groups in total. The van der Waals surface area contributed by atoms with E-state index in [0.29, 0.717) is 13.1 Å². The third-order valence-corrected chi connectivity index (χ3v) is 4.19. The number of halogens is 1. The minimum absolute atomic E-state index is 0.229. The molecule has 1 heterocycles. The monoisotopic (exact) mass is 293 g/mol. The van der Waals surface area contributed by atoms with E-state index >= 15 is 0 Å². The van der Waals surface area contributed by atoms with Gasteiger partial charge in [0.1, 0.15) is 0 Å². The molecule has 0 amide bonds. The highest BCUT2D eigenvalue weighted by atomic mass is 79.9. The van der Waals surface area contributed by atoms with Gasteiger partial charge in [-0.15, -0.1) is 11.3 Å². The zero-order chi connectivity index (χ0) is 11.5. The van der Waals surface area contributed by atoms with Crippen LogP contribution < -0.4 is 5.32 Å². The molecule has 1 atom stereocenters. The molecular formula is C10H16BrNO2S. The predicted molar refractivity (Wildman–Crippen MR) is 66.2 cm³/mol. The summed E-state index contributed by atoms with van der Waals surface area (Å²) in [6.45, 7) is 4.54. The van der Waals surface area contributed by atoms with E-state index in [2.05, 4.69) is 34.2 Å². The molecule has 0 fully saturated rings. The standard InChI is InChI=1S/C10H16BrNO2S/c1-7-9(11)3-8(15-7)4-12-5-10(2,14)6-13/h3,12-14H,4-6H2,1-2H3. The normalized spacial score (nSPS) is 15.3. The smallest absolute Gasteiger partial charge is 0.0972 e. The summed E-state index contributed by atoms with van der Waals surface area (Å²) in [7, 11) is 0. The topological polar surface area (TPSA) is 52.5 Å². The van der Waals surface area contributed by atoms with E-state index in [1.54, 1.807) is 18.3 Å². The fraction of sp³-hybridized carbons (Fsp3) is 0.600. The van der Waals surface area contributed by atoms with E-state index in [0.717, 1.165) is 4.47 Å². The summed E-state index contributed by atoms with van der Waals surface area (Å²) < 4.78 is 1.12. The molecule has 0 aliphatic rings. The number of aryl methyl sites for hydroxylation is 1. The molecule has 0 saturated carbocycles. The van der Waals surface area contributed by atoms with Gasteiger partial charge >= 0.3 is 0 Å². The Morgan fingerprint density at radius 2 is 2.27 bits per heavy atom. The molecular weight excluding hydrogens is 278 g/mol. The Balaban J connectivity index is 2.38. The Morgan fingerprint density at radius 1 is 1.60 bits per heavy atom. The van der Waals surface area contributed by atoms with Crippen LogP contribution >= 0.6 is 27.3 Å². The van der Waals surface area contributed by atoms with Crippen molar-refractivity contribution in [3.8, 4) is 0 Å². The van der Waals surface area contributed by atoms with Crippen LogP contribution in [0.4, 0.5) is 0 Å². The molecule has 0 saturated heterocycles. The predicted octanol–water partition coefficient (Wildman–Crippen LogP) is 1.65. The number of thiophene rings is 1. The lowest BCUT2D eigenvalue weighted by molar-refractivity contribution is 0.00258. The van der Waals surface area contributed by atoms with Crippen molar-refractivity contribution in [3.05, 3.63) is 20.3 Å². The van der Waals surface area contributed by atoms with E-state index in [1.165, 1.54) is 9.75 Å². The van der Waals surface area contributed by atoms with Crippen LogP contribution in [-0.2, 0) is 6.54 Å². The first-order valence-corrected chi connectivity index (χ1v) is 6.34. The van der Waals surface area contributed by atoms with Gasteiger partial charge in [0.25, 0.3) is 0 Å². The number of aliphatic hydroxyl groups is 2. The van der Waals surface area contributed by atoms with Gasteiger partial charge < -0.3 is 15.5 Å². The molecule has 5 heteroatoms. The summed E-state index contributed by atoms with van der Waals surface area (Å²) in [5.41, 5.74) is -1.04. The first-order chi connectivity index (χ1) is 6.94. The molecule has 1 aromatic heterocycles. The molecule has 1 unspecified atom stereocenters. The Hall–Kier alpha value is 0.0600. The molecule has 0 aliphatic carbocycles. The number of hydrogen-bond acceptors (Lipinski definition) is 4. The Kier molecular flexibility index (Phi) is 4.73. The Morgan fingerprint density at radius 3 is 2.73 bits per heavy atom. The van der Waals surface area contributed by atoms with Crippen LogP contribution in [0.25, 0.3) is 0 Å². The van der Waals surface area contributed by atoms with Crippen LogP contribution in [0.5, 0.6) is 0 Å². The maximum atomic E-state index is 9.54. The molecule has 3 nitrogen and oxygen atoms in total. The first-order valence-electron chi connectivity index (χ1n) is 4.73. The molecule has 0 bridgehead atoms. The van der Waals surface area contributed by atoms with Crippen LogP contribution in [0.3, 0.4) is 0 Å². The van der Waals surface area contributed by atoms with Gasteiger partial charge in [0, 0.05) is 27.3 Å². The summed E-state index contributed by atoms with van der Waals surface area (Å²) in [4.78, 5) is 2.47. The van der Waals surface area contributed by atoms with Crippen molar-refractivity contribution in [1.82, 2.24) is 5.32 Å². The van der Waals surface area contributed by atoms with Gasteiger partial charge in [-0.25, -0.2) is 0 Å². The van der Waals surface area contributed by atoms with Crippen LogP contribution in [0.1, 0.15) is 16.7 Å². The molecule has 1 rings (SSSR count). The summed E-state index contributed by atoms with van der Waals surface area (Å²) in [5.74, 6) is 0. The molecule has 0 spiro atoms. The van der Waals surface area contributed by atoms with Crippen molar-refractivity contribution < 1.29 is 10.2 Å². The maximum absolute atomic E-state index is 9.54. The first kappa shape index (κ1) is 13.1. The van der Waals surface area contributed by atoms with Crippen molar-refractivity contribution in [1.29, 1.82) is 0 Å². The third kappa shape index (κ3) is 4.20. The second kappa shape index (κ2) is 5.41. The van der Waals surface area contributed by atoms with E-state index < -0.39 is 5.60 Å². The molecule has 1 aromatic rings. The largest absolute Gasteiger partial charge is 0.393 e. The number of nitrogens with one attached hydrogen (secondary N) is 1. The number of rotatable bonds is 5. The van der Waals surface area contributed by atoms with Crippen LogP contribution in [-0.4, -0.2) is 29.0 Å². The van der Waals surface area contributed by atoms with Crippen molar-refractivity contribution >= 4 is 27.3 Å². The van der Waals surface area contributed by atoms with Crippen LogP contribution in [0.2, 0.25) is 0 Å². The van der Waals surface area contributed by atoms with E-state index in [9.17, 15) is 5.11 Å². The summed E-state index contributed by atoms with van der Waals surface area (Å²) in [6.07, 6.45) is 0. The number of hydrogen-bond donors (Lipinski definition) is 3. The molecule has 0 aromatic carbocycles. The molecule has 0 aliphatic heterocycles. The number of aliphatic hydroxyl groups excluding tert-OH is 1. The SMILES string of the molecule is Cc1sc(CNCC(C)(O)CO)cc1Br. The Bertz CT molecular complexity index is 306. The van der Waals surface area contributed by atoms with Gasteiger partial charge in [0.2, 0.25) is 0 Å². The second-order valence-corrected chi connectivity index (χ2v) is 6.07. The Labute approximate surface area is 102 Å². The lowest BCUT2D eigenvalue weighted by Gasteiger charge is -2.20.